The highest BCUT2D eigenvalue weighted by molar-refractivity contribution is 7.18. The summed E-state index contributed by atoms with van der Waals surface area (Å²) in [7, 11) is 5.39. The molecule has 4 N–H and O–H groups in total. The fourth-order valence-electron chi connectivity index (χ4n) is 3.62. The number of hydrogen-bond donors (Lipinski definition) is 4. The highest BCUT2D eigenvalue weighted by Gasteiger charge is 2.21. The molecule has 38 heavy (non-hydrogen) atoms. The van der Waals surface area contributed by atoms with Crippen LogP contribution < -0.4 is 21.3 Å². The average molecular weight is 535 g/mol. The molecule has 0 fully saturated rings. The summed E-state index contributed by atoms with van der Waals surface area (Å²) in [4.78, 5) is 33.7. The third-order valence-electron chi connectivity index (χ3n) is 5.74. The molecule has 4 rings (SSSR count). The molecule has 0 saturated carbocycles. The molecular formula is C26H28FN8O2P. The lowest BCUT2D eigenvalue weighted by Gasteiger charge is -2.16. The first kappa shape index (κ1) is 26.7. The van der Waals surface area contributed by atoms with E-state index in [9.17, 15) is 14.0 Å². The standard InChI is InChI=1S/C26H28FN8O2P/c1-15-8-9-18(32-24(36)16-6-5-7-17(10-16)26(2,27)38)11-19(15)33-23-12-20(25(37)29-4)34-35(23)22-13-21(28-3)30-14-31-22/h5-14,33H,38H2,1-4H3,(H,29,37)(H,32,36)(H,28,30,31). The molecule has 0 aliphatic carbocycles. The molecule has 0 spiro atoms. The minimum absolute atomic E-state index is 0.190. The number of aromatic nitrogens is 4. The van der Waals surface area contributed by atoms with E-state index in [1.54, 1.807) is 49.5 Å². The Hall–Kier alpha value is -4.37. The van der Waals surface area contributed by atoms with Crippen molar-refractivity contribution in [1.29, 1.82) is 0 Å². The first-order chi connectivity index (χ1) is 18.1. The zero-order valence-corrected chi connectivity index (χ0v) is 22.5. The summed E-state index contributed by atoms with van der Waals surface area (Å²) in [5, 5.41) is 14.4. The van der Waals surface area contributed by atoms with Crippen LogP contribution >= 0.6 is 9.24 Å². The summed E-state index contributed by atoms with van der Waals surface area (Å²) in [6.45, 7) is 3.32. The van der Waals surface area contributed by atoms with Crippen LogP contribution in [0.1, 0.15) is 38.9 Å². The van der Waals surface area contributed by atoms with Crippen LogP contribution in [0.5, 0.6) is 0 Å². The van der Waals surface area contributed by atoms with Gasteiger partial charge in [0.25, 0.3) is 11.8 Å². The van der Waals surface area contributed by atoms with Crippen LogP contribution in [0.4, 0.5) is 27.4 Å². The number of benzene rings is 2. The SMILES string of the molecule is CNC(=O)c1cc(Nc2cc(NC(=O)c3cccc(C(C)(F)P)c3)ccc2C)n(-c2cc(NC)ncn2)n1. The highest BCUT2D eigenvalue weighted by Crippen LogP contribution is 2.33. The van der Waals surface area contributed by atoms with Crippen molar-refractivity contribution in [2.24, 2.45) is 0 Å². The van der Waals surface area contributed by atoms with Gasteiger partial charge in [0.2, 0.25) is 0 Å². The third-order valence-corrected chi connectivity index (χ3v) is 6.08. The molecule has 10 nitrogen and oxygen atoms in total. The van der Waals surface area contributed by atoms with E-state index in [0.29, 0.717) is 40.0 Å². The number of rotatable bonds is 8. The van der Waals surface area contributed by atoms with Gasteiger partial charge in [-0.2, -0.15) is 9.78 Å². The van der Waals surface area contributed by atoms with Gasteiger partial charge in [-0.1, -0.05) is 27.4 Å². The zero-order valence-electron chi connectivity index (χ0n) is 21.3. The van der Waals surface area contributed by atoms with Crippen molar-refractivity contribution in [3.8, 4) is 5.82 Å². The fourth-order valence-corrected chi connectivity index (χ4v) is 3.80. The van der Waals surface area contributed by atoms with Gasteiger partial charge in [0.15, 0.2) is 11.5 Å². The molecular weight excluding hydrogens is 506 g/mol. The lowest BCUT2D eigenvalue weighted by Crippen LogP contribution is -2.18. The van der Waals surface area contributed by atoms with Crippen LogP contribution in [0.25, 0.3) is 5.82 Å². The van der Waals surface area contributed by atoms with E-state index in [1.807, 2.05) is 13.0 Å². The Morgan fingerprint density at radius 2 is 1.82 bits per heavy atom. The van der Waals surface area contributed by atoms with Crippen LogP contribution in [0, 0.1) is 6.92 Å². The van der Waals surface area contributed by atoms with Crippen molar-refractivity contribution in [1.82, 2.24) is 25.1 Å². The summed E-state index contributed by atoms with van der Waals surface area (Å²) in [6, 6.07) is 15.1. The van der Waals surface area contributed by atoms with Crippen molar-refractivity contribution in [3.05, 3.63) is 83.3 Å². The summed E-state index contributed by atoms with van der Waals surface area (Å²) in [5.74, 6) is 0.773. The van der Waals surface area contributed by atoms with Gasteiger partial charge in [-0.25, -0.2) is 14.4 Å². The Labute approximate surface area is 221 Å². The number of hydrogen-bond acceptors (Lipinski definition) is 7. The van der Waals surface area contributed by atoms with Gasteiger partial charge >= 0.3 is 0 Å². The first-order valence-electron chi connectivity index (χ1n) is 11.7. The van der Waals surface area contributed by atoms with Gasteiger partial charge in [-0.05, 0) is 49.2 Å². The maximum absolute atomic E-state index is 14.3. The molecule has 0 radical (unpaired) electrons. The van der Waals surface area contributed by atoms with Crippen molar-refractivity contribution in [2.45, 2.75) is 19.3 Å². The number of anilines is 4. The monoisotopic (exact) mass is 534 g/mol. The minimum Gasteiger partial charge on any atom is -0.373 e. The third kappa shape index (κ3) is 5.95. The van der Waals surface area contributed by atoms with Gasteiger partial charge < -0.3 is 21.3 Å². The summed E-state index contributed by atoms with van der Waals surface area (Å²) >= 11 is 0. The van der Waals surface area contributed by atoms with Crippen molar-refractivity contribution >= 4 is 44.1 Å². The Morgan fingerprint density at radius 3 is 2.53 bits per heavy atom. The normalized spacial score (nSPS) is 12.4. The van der Waals surface area contributed by atoms with Gasteiger partial charge in [0, 0.05) is 43.2 Å². The van der Waals surface area contributed by atoms with Crippen LogP contribution in [0.15, 0.2) is 60.9 Å². The summed E-state index contributed by atoms with van der Waals surface area (Å²) < 4.78 is 15.8. The summed E-state index contributed by atoms with van der Waals surface area (Å²) in [6.07, 6.45) is 1.39. The molecule has 2 heterocycles. The molecule has 0 aliphatic heterocycles. The van der Waals surface area contributed by atoms with Crippen molar-refractivity contribution < 1.29 is 14.0 Å². The second-order valence-corrected chi connectivity index (χ2v) is 9.77. The van der Waals surface area contributed by atoms with E-state index in [4.69, 9.17) is 0 Å². The predicted molar refractivity (Wildman–Crippen MR) is 149 cm³/mol. The quantitative estimate of drug-likeness (QED) is 0.247. The fraction of sp³-hybridized carbons (Fsp3) is 0.192. The van der Waals surface area contributed by atoms with Gasteiger partial charge in [0.1, 0.15) is 23.4 Å². The molecule has 0 saturated heterocycles. The number of halogens is 1. The van der Waals surface area contributed by atoms with E-state index in [0.717, 1.165) is 5.56 Å². The van der Waals surface area contributed by atoms with Crippen LogP contribution in [0.3, 0.4) is 0 Å². The van der Waals surface area contributed by atoms with E-state index in [2.05, 4.69) is 45.6 Å². The zero-order chi connectivity index (χ0) is 27.4. The number of nitrogens with zero attached hydrogens (tertiary/aromatic N) is 4. The molecule has 12 heteroatoms. The number of nitrogens with one attached hydrogen (secondary N) is 4. The predicted octanol–water partition coefficient (Wildman–Crippen LogP) is 4.39. The topological polar surface area (TPSA) is 126 Å². The van der Waals surface area contributed by atoms with Crippen LogP contribution in [0.2, 0.25) is 0 Å². The lowest BCUT2D eigenvalue weighted by molar-refractivity contribution is 0.0956. The van der Waals surface area contributed by atoms with Crippen LogP contribution in [-0.2, 0) is 5.41 Å². The second-order valence-electron chi connectivity index (χ2n) is 8.68. The van der Waals surface area contributed by atoms with Crippen molar-refractivity contribution in [2.75, 3.05) is 30.0 Å². The number of carbonyl (C=O) groups is 2. The number of aryl methyl sites for hydroxylation is 1. The first-order valence-corrected chi connectivity index (χ1v) is 12.3. The maximum Gasteiger partial charge on any atom is 0.271 e. The van der Waals surface area contributed by atoms with Gasteiger partial charge in [-0.3, -0.25) is 9.59 Å². The molecule has 0 bridgehead atoms. The highest BCUT2D eigenvalue weighted by atomic mass is 31.0. The van der Waals surface area contributed by atoms with E-state index < -0.39 is 5.41 Å². The van der Waals surface area contributed by atoms with E-state index in [-0.39, 0.29) is 17.5 Å². The Balaban J connectivity index is 1.65. The smallest absolute Gasteiger partial charge is 0.271 e. The molecule has 2 unspecified atom stereocenters. The average Bonchev–Trinajstić information content (AvgIpc) is 3.33. The lowest BCUT2D eigenvalue weighted by atomic mass is 10.1. The molecule has 2 aromatic carbocycles. The van der Waals surface area contributed by atoms with Crippen LogP contribution in [-0.4, -0.2) is 45.7 Å². The molecule has 196 valence electrons. The largest absolute Gasteiger partial charge is 0.373 e. The van der Waals surface area contributed by atoms with Crippen molar-refractivity contribution in [3.63, 3.8) is 0 Å². The van der Waals surface area contributed by atoms with Gasteiger partial charge in [0.05, 0.1) is 0 Å². The Kier molecular flexibility index (Phi) is 7.68. The number of carbonyl (C=O) groups excluding carboxylic acids is 2. The minimum atomic E-state index is -1.65. The maximum atomic E-state index is 14.3. The Morgan fingerprint density at radius 1 is 1.03 bits per heavy atom. The number of alkyl halides is 1. The second kappa shape index (κ2) is 10.9. The summed E-state index contributed by atoms with van der Waals surface area (Å²) in [5.41, 5.74) is 2.99. The Bertz CT molecular complexity index is 1500. The number of amides is 2. The molecule has 2 aromatic heterocycles. The van der Waals surface area contributed by atoms with E-state index >= 15 is 0 Å². The molecule has 2 amide bonds. The molecule has 4 aromatic rings. The molecule has 0 aliphatic rings. The molecule has 2 atom stereocenters. The van der Waals surface area contributed by atoms with Gasteiger partial charge in [-0.15, -0.1) is 0 Å². The van der Waals surface area contributed by atoms with E-state index in [1.165, 1.54) is 31.0 Å².